The van der Waals surface area contributed by atoms with E-state index in [1.807, 2.05) is 0 Å². The minimum atomic E-state index is -4.37. The van der Waals surface area contributed by atoms with E-state index < -0.39 is 12.8 Å². The second-order valence-corrected chi connectivity index (χ2v) is 3.14. The van der Waals surface area contributed by atoms with Gasteiger partial charge in [0.1, 0.15) is 6.29 Å². The highest BCUT2D eigenvalue weighted by Crippen LogP contribution is 2.17. The van der Waals surface area contributed by atoms with E-state index in [-0.39, 0.29) is 12.3 Å². The van der Waals surface area contributed by atoms with Gasteiger partial charge in [-0.2, -0.15) is 13.2 Å². The molecule has 0 bridgehead atoms. The predicted octanol–water partition coefficient (Wildman–Crippen LogP) is 2.62. The van der Waals surface area contributed by atoms with Gasteiger partial charge in [0.05, 0.1) is 0 Å². The van der Waals surface area contributed by atoms with Crippen LogP contribution in [0.15, 0.2) is 24.4 Å². The van der Waals surface area contributed by atoms with E-state index in [1.165, 1.54) is 12.3 Å². The Morgan fingerprint density at radius 1 is 1.35 bits per heavy atom. The monoisotopic (exact) mass is 245 g/mol. The van der Waals surface area contributed by atoms with Crippen LogP contribution >= 0.6 is 0 Å². The molecule has 0 aliphatic rings. The van der Waals surface area contributed by atoms with Crippen LogP contribution in [0.3, 0.4) is 0 Å². The smallest absolute Gasteiger partial charge is 0.422 e. The van der Waals surface area contributed by atoms with Crippen molar-refractivity contribution in [1.29, 1.82) is 0 Å². The van der Waals surface area contributed by atoms with E-state index in [0.29, 0.717) is 5.56 Å². The summed E-state index contributed by atoms with van der Waals surface area (Å²) in [7, 11) is 0. The van der Waals surface area contributed by atoms with Crippen LogP contribution in [-0.2, 0) is 4.79 Å². The molecule has 1 aromatic heterocycles. The topological polar surface area (TPSA) is 39.2 Å². The Balaban J connectivity index is 2.53. The molecule has 0 unspecified atom stereocenters. The minimum Gasteiger partial charge on any atom is -0.468 e. The maximum absolute atomic E-state index is 11.8. The van der Waals surface area contributed by atoms with Crippen molar-refractivity contribution in [2.24, 2.45) is 0 Å². The Labute approximate surface area is 95.9 Å². The number of carbonyl (C=O) groups excluding carboxylic acids is 1. The maximum atomic E-state index is 11.8. The first-order chi connectivity index (χ1) is 8.01. The number of aromatic nitrogens is 1. The Hall–Kier alpha value is -1.85. The van der Waals surface area contributed by atoms with Crippen LogP contribution in [0.4, 0.5) is 13.2 Å². The van der Waals surface area contributed by atoms with Crippen LogP contribution in [0.25, 0.3) is 6.08 Å². The largest absolute Gasteiger partial charge is 0.468 e. The van der Waals surface area contributed by atoms with Crippen LogP contribution in [0.5, 0.6) is 5.88 Å². The van der Waals surface area contributed by atoms with Gasteiger partial charge in [-0.1, -0.05) is 12.2 Å². The summed E-state index contributed by atoms with van der Waals surface area (Å²) in [6.45, 7) is -1.36. The van der Waals surface area contributed by atoms with Crippen LogP contribution in [0.1, 0.15) is 12.0 Å². The fourth-order valence-corrected chi connectivity index (χ4v) is 0.991. The average molecular weight is 245 g/mol. The van der Waals surface area contributed by atoms with Crippen LogP contribution < -0.4 is 4.74 Å². The molecular formula is C11H10F3NO2. The molecule has 0 aliphatic heterocycles. The Bertz CT molecular complexity index is 385. The molecule has 0 amide bonds. The molecule has 0 saturated carbocycles. The van der Waals surface area contributed by atoms with Gasteiger partial charge >= 0.3 is 6.18 Å². The predicted molar refractivity (Wildman–Crippen MR) is 55.5 cm³/mol. The molecule has 0 aromatic carbocycles. The zero-order valence-corrected chi connectivity index (χ0v) is 8.78. The number of hydrogen-bond acceptors (Lipinski definition) is 3. The molecule has 0 saturated heterocycles. The molecule has 1 rings (SSSR count). The summed E-state index contributed by atoms with van der Waals surface area (Å²) in [6.07, 6.45) is 1.30. The van der Waals surface area contributed by atoms with Crippen LogP contribution in [0, 0.1) is 0 Å². The van der Waals surface area contributed by atoms with Crippen molar-refractivity contribution in [1.82, 2.24) is 4.98 Å². The number of pyridine rings is 1. The molecule has 0 radical (unpaired) electrons. The fraction of sp³-hybridized carbons (Fsp3) is 0.273. The Kier molecular flexibility index (Phi) is 4.68. The van der Waals surface area contributed by atoms with E-state index in [1.54, 1.807) is 18.2 Å². The Morgan fingerprint density at radius 2 is 2.12 bits per heavy atom. The van der Waals surface area contributed by atoms with Gasteiger partial charge in [-0.15, -0.1) is 0 Å². The lowest BCUT2D eigenvalue weighted by Crippen LogP contribution is -2.19. The minimum absolute atomic E-state index is 0.0881. The van der Waals surface area contributed by atoms with Crippen molar-refractivity contribution in [2.45, 2.75) is 12.6 Å². The molecule has 17 heavy (non-hydrogen) atoms. The second-order valence-electron chi connectivity index (χ2n) is 3.14. The normalized spacial score (nSPS) is 11.7. The lowest BCUT2D eigenvalue weighted by atomic mass is 10.2. The first-order valence-electron chi connectivity index (χ1n) is 4.77. The summed E-state index contributed by atoms with van der Waals surface area (Å²) >= 11 is 0. The van der Waals surface area contributed by atoms with E-state index in [9.17, 15) is 18.0 Å². The van der Waals surface area contributed by atoms with Gasteiger partial charge in [0, 0.05) is 18.7 Å². The zero-order chi connectivity index (χ0) is 12.7. The quantitative estimate of drug-likeness (QED) is 0.748. The highest BCUT2D eigenvalue weighted by Gasteiger charge is 2.28. The molecule has 1 heterocycles. The number of rotatable bonds is 5. The summed E-state index contributed by atoms with van der Waals surface area (Å²) in [6, 6.07) is 2.90. The van der Waals surface area contributed by atoms with Gasteiger partial charge in [-0.3, -0.25) is 0 Å². The van der Waals surface area contributed by atoms with Crippen LogP contribution in [-0.4, -0.2) is 24.1 Å². The number of alkyl halides is 3. The van der Waals surface area contributed by atoms with Gasteiger partial charge in [0.25, 0.3) is 0 Å². The SMILES string of the molecule is O=CCC=Cc1ccc(OCC(F)(F)F)nc1. The van der Waals surface area contributed by atoms with Crippen molar-refractivity contribution in [2.75, 3.05) is 6.61 Å². The van der Waals surface area contributed by atoms with Crippen molar-refractivity contribution >= 4 is 12.4 Å². The summed E-state index contributed by atoms with van der Waals surface area (Å²) in [5, 5.41) is 0. The lowest BCUT2D eigenvalue weighted by molar-refractivity contribution is -0.154. The highest BCUT2D eigenvalue weighted by molar-refractivity contribution is 5.57. The molecule has 0 N–H and O–H groups in total. The highest BCUT2D eigenvalue weighted by atomic mass is 19.4. The summed E-state index contributed by atoms with van der Waals surface area (Å²) < 4.78 is 39.9. The van der Waals surface area contributed by atoms with Gasteiger partial charge < -0.3 is 9.53 Å². The molecule has 0 spiro atoms. The molecule has 0 fully saturated rings. The van der Waals surface area contributed by atoms with Gasteiger partial charge in [-0.05, 0) is 11.6 Å². The number of carbonyl (C=O) groups is 1. The van der Waals surface area contributed by atoms with E-state index in [2.05, 4.69) is 9.72 Å². The number of ether oxygens (including phenoxy) is 1. The second kappa shape index (κ2) is 6.03. The molecule has 0 aliphatic carbocycles. The first-order valence-corrected chi connectivity index (χ1v) is 4.77. The number of halogens is 3. The summed E-state index contributed by atoms with van der Waals surface area (Å²) in [5.74, 6) is -0.0881. The summed E-state index contributed by atoms with van der Waals surface area (Å²) in [4.78, 5) is 13.7. The van der Waals surface area contributed by atoms with Crippen molar-refractivity contribution in [3.8, 4) is 5.88 Å². The third kappa shape index (κ3) is 5.70. The fourth-order valence-electron chi connectivity index (χ4n) is 0.991. The molecule has 0 atom stereocenters. The summed E-state index contributed by atoms with van der Waals surface area (Å²) in [5.41, 5.74) is 0.686. The molecule has 3 nitrogen and oxygen atoms in total. The van der Waals surface area contributed by atoms with Crippen molar-refractivity contribution in [3.05, 3.63) is 30.0 Å². The number of aldehydes is 1. The van der Waals surface area contributed by atoms with Crippen LogP contribution in [0.2, 0.25) is 0 Å². The van der Waals surface area contributed by atoms with E-state index in [0.717, 1.165) is 6.29 Å². The average Bonchev–Trinajstić information content (AvgIpc) is 2.27. The van der Waals surface area contributed by atoms with Crippen molar-refractivity contribution < 1.29 is 22.7 Å². The number of allylic oxidation sites excluding steroid dienone is 1. The first kappa shape index (κ1) is 13.2. The third-order valence-electron chi connectivity index (χ3n) is 1.69. The third-order valence-corrected chi connectivity index (χ3v) is 1.69. The van der Waals surface area contributed by atoms with Gasteiger partial charge in [0.15, 0.2) is 6.61 Å². The van der Waals surface area contributed by atoms with Gasteiger partial charge in [-0.25, -0.2) is 4.98 Å². The molecule has 1 aromatic rings. The Morgan fingerprint density at radius 3 is 2.65 bits per heavy atom. The van der Waals surface area contributed by atoms with E-state index in [4.69, 9.17) is 0 Å². The maximum Gasteiger partial charge on any atom is 0.422 e. The molecule has 6 heteroatoms. The number of hydrogen-bond donors (Lipinski definition) is 0. The molecular weight excluding hydrogens is 235 g/mol. The number of nitrogens with zero attached hydrogens (tertiary/aromatic N) is 1. The lowest BCUT2D eigenvalue weighted by Gasteiger charge is -2.07. The zero-order valence-electron chi connectivity index (χ0n) is 8.78. The standard InChI is InChI=1S/C11H10F3NO2/c12-11(13,14)8-17-10-5-4-9(7-15-10)3-1-2-6-16/h1,3-7H,2,8H2. The van der Waals surface area contributed by atoms with Crippen molar-refractivity contribution in [3.63, 3.8) is 0 Å². The molecule has 92 valence electrons. The van der Waals surface area contributed by atoms with E-state index >= 15 is 0 Å². The van der Waals surface area contributed by atoms with Gasteiger partial charge in [0.2, 0.25) is 5.88 Å².